The molecule has 1 aromatic carbocycles. The van der Waals surface area contributed by atoms with Crippen molar-refractivity contribution >= 4 is 29.5 Å². The summed E-state index contributed by atoms with van der Waals surface area (Å²) in [5, 5.41) is 0. The van der Waals surface area contributed by atoms with Crippen molar-refractivity contribution in [2.24, 2.45) is 0 Å². The maximum atomic E-state index is 12.7. The second-order valence-electron chi connectivity index (χ2n) is 7.27. The number of carbonyl (C=O) groups is 1. The summed E-state index contributed by atoms with van der Waals surface area (Å²) in [6.45, 7) is 6.30. The summed E-state index contributed by atoms with van der Waals surface area (Å²) in [6, 6.07) is 7.73. The molecule has 1 aromatic heterocycles. The number of thioether (sulfide) groups is 2. The predicted molar refractivity (Wildman–Crippen MR) is 108 cm³/mol. The lowest BCUT2D eigenvalue weighted by Crippen LogP contribution is -2.21. The van der Waals surface area contributed by atoms with Gasteiger partial charge in [0.05, 0.1) is 4.08 Å². The Morgan fingerprint density at radius 1 is 1.19 bits per heavy atom. The highest BCUT2D eigenvalue weighted by atomic mass is 32.2. The van der Waals surface area contributed by atoms with Crippen LogP contribution in [0.15, 0.2) is 28.7 Å². The van der Waals surface area contributed by atoms with E-state index in [1.807, 2.05) is 54.7 Å². The molecule has 1 spiro atoms. The molecule has 26 heavy (non-hydrogen) atoms. The van der Waals surface area contributed by atoms with Crippen LogP contribution >= 0.6 is 23.5 Å². The lowest BCUT2D eigenvalue weighted by atomic mass is 9.94. The number of furan rings is 1. The molecule has 0 saturated carbocycles. The van der Waals surface area contributed by atoms with Gasteiger partial charge in [-0.15, -0.1) is 23.5 Å². The monoisotopic (exact) mass is 388 g/mol. The smallest absolute Gasteiger partial charge is 0.379 e. The fourth-order valence-corrected chi connectivity index (χ4v) is 7.43. The van der Waals surface area contributed by atoms with E-state index in [0.717, 1.165) is 42.1 Å². The number of ether oxygens (including phenoxy) is 1. The third-order valence-corrected chi connectivity index (χ3v) is 8.74. The van der Waals surface area contributed by atoms with Crippen LogP contribution in [0.25, 0.3) is 0 Å². The van der Waals surface area contributed by atoms with Crippen LogP contribution in [-0.2, 0) is 10.5 Å². The molecule has 1 aliphatic carbocycles. The molecule has 0 atom stereocenters. The fourth-order valence-electron chi connectivity index (χ4n) is 3.87. The first kappa shape index (κ1) is 18.1. The van der Waals surface area contributed by atoms with Gasteiger partial charge in [-0.2, -0.15) is 0 Å². The first-order valence-corrected chi connectivity index (χ1v) is 11.2. The summed E-state index contributed by atoms with van der Waals surface area (Å²) < 4.78 is 11.7. The Bertz CT molecular complexity index is 815. The molecule has 0 N–H and O–H groups in total. The molecule has 5 heteroatoms. The highest BCUT2D eigenvalue weighted by Gasteiger charge is 2.45. The minimum atomic E-state index is -0.391. The molecule has 2 aromatic rings. The Morgan fingerprint density at radius 2 is 1.88 bits per heavy atom. The van der Waals surface area contributed by atoms with Crippen molar-refractivity contribution in [3.8, 4) is 5.75 Å². The van der Waals surface area contributed by atoms with Crippen LogP contribution in [0.4, 0.5) is 0 Å². The van der Waals surface area contributed by atoms with E-state index in [0.29, 0.717) is 17.4 Å². The normalized spacial score (nSPS) is 18.3. The first-order chi connectivity index (χ1) is 12.5. The van der Waals surface area contributed by atoms with Crippen LogP contribution in [0, 0.1) is 6.92 Å². The van der Waals surface area contributed by atoms with Gasteiger partial charge in [0.2, 0.25) is 5.76 Å². The topological polar surface area (TPSA) is 39.4 Å². The Balaban J connectivity index is 1.60. The van der Waals surface area contributed by atoms with Gasteiger partial charge < -0.3 is 9.15 Å². The molecule has 0 bridgehead atoms. The lowest BCUT2D eigenvalue weighted by molar-refractivity contribution is 0.0698. The van der Waals surface area contributed by atoms with Gasteiger partial charge in [0.25, 0.3) is 0 Å². The van der Waals surface area contributed by atoms with Gasteiger partial charge in [0.1, 0.15) is 11.5 Å². The van der Waals surface area contributed by atoms with Crippen molar-refractivity contribution < 1.29 is 13.9 Å². The molecule has 4 rings (SSSR count). The van der Waals surface area contributed by atoms with E-state index < -0.39 is 5.97 Å². The van der Waals surface area contributed by atoms with E-state index in [1.165, 1.54) is 11.1 Å². The van der Waals surface area contributed by atoms with Crippen LogP contribution in [0.5, 0.6) is 5.75 Å². The number of benzene rings is 1. The molecule has 1 fully saturated rings. The fraction of sp³-hybridized carbons (Fsp3) is 0.476. The quantitative estimate of drug-likeness (QED) is 0.483. The molecule has 0 unspecified atom stereocenters. The molecular weight excluding hydrogens is 364 g/mol. The van der Waals surface area contributed by atoms with Gasteiger partial charge in [0.15, 0.2) is 0 Å². The van der Waals surface area contributed by atoms with Gasteiger partial charge in [-0.25, -0.2) is 4.79 Å². The van der Waals surface area contributed by atoms with Crippen molar-refractivity contribution in [1.82, 2.24) is 0 Å². The number of aryl methyl sites for hydroxylation is 1. The van der Waals surface area contributed by atoms with E-state index in [1.54, 1.807) is 0 Å². The van der Waals surface area contributed by atoms with Gasteiger partial charge in [-0.1, -0.05) is 26.0 Å². The van der Waals surface area contributed by atoms with E-state index in [2.05, 4.69) is 13.8 Å². The highest BCUT2D eigenvalue weighted by Crippen LogP contribution is 2.59. The summed E-state index contributed by atoms with van der Waals surface area (Å²) >= 11 is 4.01. The van der Waals surface area contributed by atoms with Crippen molar-refractivity contribution in [3.63, 3.8) is 0 Å². The van der Waals surface area contributed by atoms with Crippen molar-refractivity contribution in [1.29, 1.82) is 0 Å². The van der Waals surface area contributed by atoms with Crippen LogP contribution in [0.3, 0.4) is 0 Å². The van der Waals surface area contributed by atoms with E-state index in [4.69, 9.17) is 9.15 Å². The second kappa shape index (κ2) is 7.01. The largest absolute Gasteiger partial charge is 0.453 e. The van der Waals surface area contributed by atoms with Gasteiger partial charge in [-0.3, -0.25) is 0 Å². The molecule has 2 aliphatic rings. The number of esters is 1. The average Bonchev–Trinajstić information content (AvgIpc) is 3.21. The molecule has 0 amide bonds. The average molecular weight is 389 g/mol. The van der Waals surface area contributed by atoms with Crippen molar-refractivity contribution in [3.05, 3.63) is 52.5 Å². The van der Waals surface area contributed by atoms with E-state index in [-0.39, 0.29) is 4.08 Å². The zero-order chi connectivity index (χ0) is 18.3. The summed E-state index contributed by atoms with van der Waals surface area (Å²) in [5.74, 6) is 4.31. The maximum absolute atomic E-state index is 12.7. The Morgan fingerprint density at radius 3 is 2.54 bits per heavy atom. The van der Waals surface area contributed by atoms with Gasteiger partial charge in [0, 0.05) is 29.1 Å². The minimum absolute atomic E-state index is 0.0820. The predicted octanol–water partition coefficient (Wildman–Crippen LogP) is 5.90. The van der Waals surface area contributed by atoms with E-state index in [9.17, 15) is 4.79 Å². The molecule has 2 heterocycles. The standard InChI is InChI=1S/C21H24O3S2/c1-13(2)15-6-8-16(9-7-15)23-20(22)19-14(3)18-17(24-19)5-4-10-21(18)25-11-12-26-21/h6-9,13H,4-5,10-12H2,1-3H3. The van der Waals surface area contributed by atoms with Crippen molar-refractivity contribution in [2.45, 2.75) is 50.0 Å². The molecule has 1 saturated heterocycles. The third kappa shape index (κ3) is 3.09. The molecule has 0 radical (unpaired) electrons. The van der Waals surface area contributed by atoms with Crippen LogP contribution in [0.2, 0.25) is 0 Å². The first-order valence-electron chi connectivity index (χ1n) is 9.23. The number of rotatable bonds is 3. The lowest BCUT2D eigenvalue weighted by Gasteiger charge is -2.31. The Hall–Kier alpha value is -1.33. The number of hydrogen-bond acceptors (Lipinski definition) is 5. The summed E-state index contributed by atoms with van der Waals surface area (Å²) in [5.41, 5.74) is 3.44. The summed E-state index contributed by atoms with van der Waals surface area (Å²) in [6.07, 6.45) is 3.18. The minimum Gasteiger partial charge on any atom is -0.453 e. The number of carbonyl (C=O) groups excluding carboxylic acids is 1. The molecular formula is C21H24O3S2. The van der Waals surface area contributed by atoms with Crippen LogP contribution in [0.1, 0.15) is 65.6 Å². The summed E-state index contributed by atoms with van der Waals surface area (Å²) in [4.78, 5) is 12.7. The molecule has 1 aliphatic heterocycles. The number of hydrogen-bond donors (Lipinski definition) is 0. The highest BCUT2D eigenvalue weighted by molar-refractivity contribution is 8.20. The zero-order valence-corrected chi connectivity index (χ0v) is 17.1. The SMILES string of the molecule is Cc1c(C(=O)Oc2ccc(C(C)C)cc2)oc2c1C1(CCC2)SCCS1. The molecule has 138 valence electrons. The van der Waals surface area contributed by atoms with Crippen molar-refractivity contribution in [2.75, 3.05) is 11.5 Å². The Labute approximate surface area is 163 Å². The summed E-state index contributed by atoms with van der Waals surface area (Å²) in [7, 11) is 0. The second-order valence-corrected chi connectivity index (χ2v) is 10.3. The maximum Gasteiger partial charge on any atom is 0.379 e. The third-order valence-electron chi connectivity index (χ3n) is 5.21. The Kier molecular flexibility index (Phi) is 4.86. The van der Waals surface area contributed by atoms with Crippen LogP contribution in [-0.4, -0.2) is 17.5 Å². The molecule has 3 nitrogen and oxygen atoms in total. The number of fused-ring (bicyclic) bond motifs is 2. The van der Waals surface area contributed by atoms with Gasteiger partial charge in [-0.05, 0) is 43.4 Å². The van der Waals surface area contributed by atoms with Gasteiger partial charge >= 0.3 is 5.97 Å². The van der Waals surface area contributed by atoms with Crippen LogP contribution < -0.4 is 4.74 Å². The zero-order valence-electron chi connectivity index (χ0n) is 15.5. The van der Waals surface area contributed by atoms with E-state index >= 15 is 0 Å².